The summed E-state index contributed by atoms with van der Waals surface area (Å²) in [5.41, 5.74) is 0.524. The van der Waals surface area contributed by atoms with Crippen LogP contribution in [0.25, 0.3) is 0 Å². The number of carbonyl (C=O) groups excluding carboxylic acids is 1. The minimum Gasteiger partial charge on any atom is -0.481 e. The van der Waals surface area contributed by atoms with Crippen molar-refractivity contribution in [2.45, 2.75) is 45.2 Å². The van der Waals surface area contributed by atoms with Gasteiger partial charge >= 0.3 is 11.9 Å². The molecule has 1 amide bonds. The van der Waals surface area contributed by atoms with Gasteiger partial charge in [-0.3, -0.25) is 9.59 Å². The number of rotatable bonds is 8. The maximum absolute atomic E-state index is 12.9. The van der Waals surface area contributed by atoms with Gasteiger partial charge < -0.3 is 20.4 Å². The van der Waals surface area contributed by atoms with E-state index in [-0.39, 0.29) is 25.3 Å². The van der Waals surface area contributed by atoms with Crippen molar-refractivity contribution in [3.05, 3.63) is 29.3 Å². The Balaban J connectivity index is 2.51. The van der Waals surface area contributed by atoms with E-state index < -0.39 is 23.4 Å². The number of aliphatic carboxylic acids is 2. The van der Waals surface area contributed by atoms with Crippen molar-refractivity contribution in [3.8, 4) is 0 Å². The molecule has 1 aliphatic rings. The zero-order valence-electron chi connectivity index (χ0n) is 14.7. The van der Waals surface area contributed by atoms with Crippen LogP contribution in [0.1, 0.15) is 49.0 Å². The second kappa shape index (κ2) is 7.13. The van der Waals surface area contributed by atoms with Crippen LogP contribution < -0.4 is 5.32 Å². The van der Waals surface area contributed by atoms with Crippen LogP contribution in [0.3, 0.4) is 0 Å². The summed E-state index contributed by atoms with van der Waals surface area (Å²) in [4.78, 5) is 37.7. The number of benzene rings is 1. The predicted molar refractivity (Wildman–Crippen MR) is 92.6 cm³/mol. The van der Waals surface area contributed by atoms with E-state index in [9.17, 15) is 24.6 Å². The van der Waals surface area contributed by atoms with E-state index >= 15 is 0 Å². The molecule has 136 valence electrons. The number of carbonyl (C=O) groups is 3. The number of carboxylic acid groups (broad SMARTS) is 2. The normalized spacial score (nSPS) is 16.9. The van der Waals surface area contributed by atoms with Gasteiger partial charge in [0, 0.05) is 30.8 Å². The van der Waals surface area contributed by atoms with Crippen molar-refractivity contribution in [2.24, 2.45) is 5.92 Å². The molecule has 0 spiro atoms. The average Bonchev–Trinajstić information content (AvgIpc) is 2.91. The van der Waals surface area contributed by atoms with Crippen molar-refractivity contribution in [3.63, 3.8) is 0 Å². The van der Waals surface area contributed by atoms with Gasteiger partial charge in [0.25, 0.3) is 5.91 Å². The second-order valence-corrected chi connectivity index (χ2v) is 6.30. The number of fused-ring (bicyclic) bond motifs is 1. The lowest BCUT2D eigenvalue weighted by atomic mass is 9.76. The van der Waals surface area contributed by atoms with Crippen molar-refractivity contribution < 1.29 is 24.6 Å². The third kappa shape index (κ3) is 3.06. The van der Waals surface area contributed by atoms with Crippen LogP contribution in [-0.2, 0) is 16.1 Å². The van der Waals surface area contributed by atoms with Gasteiger partial charge in [-0.05, 0) is 36.6 Å². The number of nitrogens with zero attached hydrogens (tertiary/aromatic N) is 1. The largest absolute Gasteiger partial charge is 0.481 e. The van der Waals surface area contributed by atoms with Crippen LogP contribution in [0.15, 0.2) is 18.2 Å². The lowest BCUT2D eigenvalue weighted by molar-refractivity contribution is -0.156. The van der Waals surface area contributed by atoms with Gasteiger partial charge in [-0.15, -0.1) is 0 Å². The molecule has 2 atom stereocenters. The molecule has 1 aromatic carbocycles. The highest BCUT2D eigenvalue weighted by Gasteiger charge is 2.53. The van der Waals surface area contributed by atoms with Crippen LogP contribution in [0.2, 0.25) is 0 Å². The van der Waals surface area contributed by atoms with Crippen molar-refractivity contribution >= 4 is 23.5 Å². The summed E-state index contributed by atoms with van der Waals surface area (Å²) in [6.45, 7) is 3.61. The Kier molecular flexibility index (Phi) is 5.35. The second-order valence-electron chi connectivity index (χ2n) is 6.30. The molecule has 0 saturated heterocycles. The number of nitrogens with one attached hydrogen (secondary N) is 1. The fourth-order valence-electron chi connectivity index (χ4n) is 3.80. The summed E-state index contributed by atoms with van der Waals surface area (Å²) in [5.74, 6) is -3.24. The number of hydrogen-bond acceptors (Lipinski definition) is 4. The lowest BCUT2D eigenvalue weighted by Crippen LogP contribution is -2.59. The van der Waals surface area contributed by atoms with Gasteiger partial charge in [0.05, 0.1) is 6.42 Å². The molecule has 0 aromatic heterocycles. The van der Waals surface area contributed by atoms with Crippen molar-refractivity contribution in [1.82, 2.24) is 4.90 Å². The molecule has 0 aliphatic carbocycles. The first-order chi connectivity index (χ1) is 11.8. The summed E-state index contributed by atoms with van der Waals surface area (Å²) in [6, 6.07) is 5.28. The monoisotopic (exact) mass is 348 g/mol. The fourth-order valence-corrected chi connectivity index (χ4v) is 3.80. The quantitative estimate of drug-likeness (QED) is 0.666. The van der Waals surface area contributed by atoms with Crippen LogP contribution in [0, 0.1) is 5.92 Å². The number of amides is 1. The average molecular weight is 348 g/mol. The first-order valence-corrected chi connectivity index (χ1v) is 8.39. The third-order valence-corrected chi connectivity index (χ3v) is 5.18. The molecular weight excluding hydrogens is 324 g/mol. The molecule has 0 bridgehead atoms. The maximum atomic E-state index is 12.9. The Morgan fingerprint density at radius 1 is 1.32 bits per heavy atom. The minimum absolute atomic E-state index is 0.146. The van der Waals surface area contributed by atoms with Crippen LogP contribution >= 0.6 is 0 Å². The highest BCUT2D eigenvalue weighted by Crippen LogP contribution is 2.40. The van der Waals surface area contributed by atoms with Gasteiger partial charge in [-0.1, -0.05) is 13.8 Å². The maximum Gasteiger partial charge on any atom is 0.329 e. The highest BCUT2D eigenvalue weighted by atomic mass is 16.4. The minimum atomic E-state index is -1.54. The predicted octanol–water partition coefficient (Wildman–Crippen LogP) is 2.42. The van der Waals surface area contributed by atoms with Crippen molar-refractivity contribution in [1.29, 1.82) is 0 Å². The molecule has 1 aromatic rings. The first kappa shape index (κ1) is 18.8. The Morgan fingerprint density at radius 2 is 2.00 bits per heavy atom. The highest BCUT2D eigenvalue weighted by molar-refractivity contribution is 6.02. The standard InChI is InChI=1S/C18H24N2O5/c1-4-12(9-15(21)22)18(5-2,17(24)25)20-10-11-8-13(19-3)6-7-14(11)16(20)23/h6-8,12,19H,4-5,9-10H2,1-3H3,(H,21,22)(H,24,25). The number of carboxylic acids is 2. The zero-order chi connectivity index (χ0) is 18.8. The van der Waals surface area contributed by atoms with Crippen LogP contribution in [0.4, 0.5) is 5.69 Å². The van der Waals surface area contributed by atoms with E-state index in [0.717, 1.165) is 11.3 Å². The molecule has 0 fully saturated rings. The van der Waals surface area contributed by atoms with Gasteiger partial charge in [0.2, 0.25) is 0 Å². The van der Waals surface area contributed by atoms with Gasteiger partial charge in [0.15, 0.2) is 0 Å². The zero-order valence-corrected chi connectivity index (χ0v) is 14.7. The van der Waals surface area contributed by atoms with E-state index in [2.05, 4.69) is 5.32 Å². The topological polar surface area (TPSA) is 107 Å². The molecule has 1 aliphatic heterocycles. The van der Waals surface area contributed by atoms with Crippen LogP contribution in [0.5, 0.6) is 0 Å². The smallest absolute Gasteiger partial charge is 0.329 e. The molecule has 2 rings (SSSR count). The molecule has 0 radical (unpaired) electrons. The van der Waals surface area contributed by atoms with Crippen molar-refractivity contribution in [2.75, 3.05) is 12.4 Å². The van der Waals surface area contributed by atoms with E-state index in [1.165, 1.54) is 4.90 Å². The number of hydrogen-bond donors (Lipinski definition) is 3. The third-order valence-electron chi connectivity index (χ3n) is 5.18. The first-order valence-electron chi connectivity index (χ1n) is 8.39. The summed E-state index contributed by atoms with van der Waals surface area (Å²) in [6.07, 6.45) is 0.208. The lowest BCUT2D eigenvalue weighted by Gasteiger charge is -2.42. The summed E-state index contributed by atoms with van der Waals surface area (Å²) in [7, 11) is 1.77. The van der Waals surface area contributed by atoms with Gasteiger partial charge in [0.1, 0.15) is 5.54 Å². The molecule has 2 unspecified atom stereocenters. The molecule has 25 heavy (non-hydrogen) atoms. The van der Waals surface area contributed by atoms with Gasteiger partial charge in [-0.2, -0.15) is 0 Å². The fraction of sp³-hybridized carbons (Fsp3) is 0.500. The van der Waals surface area contributed by atoms with E-state index in [4.69, 9.17) is 0 Å². The molecule has 0 saturated carbocycles. The Bertz CT molecular complexity index is 703. The molecule has 1 heterocycles. The SMILES string of the molecule is CCC(CC(=O)O)C(CC)(C(=O)O)N1Cc2cc(NC)ccc2C1=O. The van der Waals surface area contributed by atoms with Gasteiger partial charge in [-0.25, -0.2) is 4.79 Å². The molecular formula is C18H24N2O5. The van der Waals surface area contributed by atoms with E-state index in [1.807, 2.05) is 6.07 Å². The molecule has 3 N–H and O–H groups in total. The van der Waals surface area contributed by atoms with E-state index in [1.54, 1.807) is 33.0 Å². The Morgan fingerprint density at radius 3 is 2.48 bits per heavy atom. The summed E-state index contributed by atoms with van der Waals surface area (Å²) < 4.78 is 0. The summed E-state index contributed by atoms with van der Waals surface area (Å²) >= 11 is 0. The number of anilines is 1. The van der Waals surface area contributed by atoms with E-state index in [0.29, 0.717) is 12.0 Å². The molecule has 7 heteroatoms. The van der Waals surface area contributed by atoms with Crippen LogP contribution in [-0.4, -0.2) is 45.5 Å². The summed E-state index contributed by atoms with van der Waals surface area (Å²) in [5, 5.41) is 22.2. The molecule has 7 nitrogen and oxygen atoms in total. The Labute approximate surface area is 146 Å². The Hall–Kier alpha value is -2.57.